The first-order valence-electron chi connectivity index (χ1n) is 5.42. The number of pyridine rings is 1. The van der Waals surface area contributed by atoms with Gasteiger partial charge in [-0.05, 0) is 23.8 Å². The Kier molecular flexibility index (Phi) is 2.47. The minimum absolute atomic E-state index is 0.438. The maximum atomic E-state index is 8.94. The highest BCUT2D eigenvalue weighted by molar-refractivity contribution is 5.57. The third-order valence-electron chi connectivity index (χ3n) is 3.26. The van der Waals surface area contributed by atoms with E-state index in [-0.39, 0.29) is 0 Å². The molecule has 1 aromatic heterocycles. The van der Waals surface area contributed by atoms with Gasteiger partial charge in [-0.3, -0.25) is 0 Å². The van der Waals surface area contributed by atoms with Gasteiger partial charge in [0.25, 0.3) is 0 Å². The molecule has 2 rings (SSSR count). The van der Waals surface area contributed by atoms with E-state index in [2.05, 4.69) is 30.2 Å². The lowest BCUT2D eigenvalue weighted by molar-refractivity contribution is 0.573. The molecular weight excluding hydrogens is 200 g/mol. The molecule has 1 saturated carbocycles. The lowest BCUT2D eigenvalue weighted by Gasteiger charge is -2.08. The monoisotopic (exact) mass is 216 g/mol. The Labute approximate surface area is 95.5 Å². The molecule has 0 bridgehead atoms. The van der Waals surface area contributed by atoms with Gasteiger partial charge in [0, 0.05) is 6.54 Å². The molecule has 0 radical (unpaired) electrons. The average molecular weight is 216 g/mol. The molecule has 1 aliphatic rings. The summed E-state index contributed by atoms with van der Waals surface area (Å²) in [6, 6.07) is 3.74. The summed E-state index contributed by atoms with van der Waals surface area (Å²) in [7, 11) is 0. The molecule has 84 valence electrons. The first-order chi connectivity index (χ1) is 7.53. The van der Waals surface area contributed by atoms with Crippen molar-refractivity contribution in [3.05, 3.63) is 17.8 Å². The van der Waals surface area contributed by atoms with Crippen LogP contribution >= 0.6 is 0 Å². The summed E-state index contributed by atoms with van der Waals surface area (Å²) >= 11 is 0. The second kappa shape index (κ2) is 3.67. The fourth-order valence-electron chi connectivity index (χ4n) is 1.85. The van der Waals surface area contributed by atoms with Crippen molar-refractivity contribution in [3.8, 4) is 6.07 Å². The molecule has 1 aromatic rings. The molecule has 0 aliphatic heterocycles. The number of hydrogen-bond acceptors (Lipinski definition) is 4. The highest BCUT2D eigenvalue weighted by Gasteiger charge is 2.45. The molecular formula is C12H16N4. The van der Waals surface area contributed by atoms with Crippen molar-refractivity contribution < 1.29 is 0 Å². The molecule has 1 heterocycles. The summed E-state index contributed by atoms with van der Waals surface area (Å²) in [6.07, 6.45) is 2.80. The van der Waals surface area contributed by atoms with Crippen LogP contribution in [0.25, 0.3) is 0 Å². The summed E-state index contributed by atoms with van der Waals surface area (Å²) in [5, 5.41) is 12.2. The van der Waals surface area contributed by atoms with Gasteiger partial charge in [0.2, 0.25) is 0 Å². The van der Waals surface area contributed by atoms with Gasteiger partial charge in [0.05, 0.1) is 17.4 Å². The van der Waals surface area contributed by atoms with Crippen molar-refractivity contribution in [2.24, 2.45) is 11.3 Å². The van der Waals surface area contributed by atoms with Gasteiger partial charge in [-0.1, -0.05) is 13.8 Å². The maximum Gasteiger partial charge on any atom is 0.144 e. The topological polar surface area (TPSA) is 74.7 Å². The van der Waals surface area contributed by atoms with E-state index < -0.39 is 0 Å². The van der Waals surface area contributed by atoms with E-state index in [0.29, 0.717) is 28.4 Å². The predicted molar refractivity (Wildman–Crippen MR) is 63.7 cm³/mol. The van der Waals surface area contributed by atoms with Crippen LogP contribution in [0.1, 0.15) is 25.8 Å². The van der Waals surface area contributed by atoms with E-state index in [4.69, 9.17) is 11.0 Å². The Morgan fingerprint density at radius 3 is 2.94 bits per heavy atom. The molecule has 1 unspecified atom stereocenters. The lowest BCUT2D eigenvalue weighted by atomic mass is 10.1. The first kappa shape index (κ1) is 10.7. The lowest BCUT2D eigenvalue weighted by Crippen LogP contribution is -2.10. The molecule has 0 aromatic carbocycles. The largest absolute Gasteiger partial charge is 0.397 e. The van der Waals surface area contributed by atoms with E-state index in [1.165, 1.54) is 6.42 Å². The number of aromatic nitrogens is 1. The van der Waals surface area contributed by atoms with E-state index in [9.17, 15) is 0 Å². The molecule has 4 nitrogen and oxygen atoms in total. The van der Waals surface area contributed by atoms with E-state index in [1.54, 1.807) is 12.3 Å². The zero-order valence-electron chi connectivity index (χ0n) is 9.62. The fraction of sp³-hybridized carbons (Fsp3) is 0.500. The van der Waals surface area contributed by atoms with Gasteiger partial charge in [-0.2, -0.15) is 5.26 Å². The standard InChI is InChI=1S/C12H16N4/c1-12(2)4-9(12)6-15-11-8(5-13)3-10(14)7-16-11/h3,7,9H,4,6,14H2,1-2H3,(H,15,16). The summed E-state index contributed by atoms with van der Waals surface area (Å²) in [5.74, 6) is 1.32. The van der Waals surface area contributed by atoms with Crippen LogP contribution in [0, 0.1) is 22.7 Å². The second-order valence-electron chi connectivity index (χ2n) is 5.05. The third-order valence-corrected chi connectivity index (χ3v) is 3.26. The molecule has 1 aliphatic carbocycles. The summed E-state index contributed by atoms with van der Waals surface area (Å²) in [6.45, 7) is 5.38. The Bertz CT molecular complexity index is 445. The van der Waals surface area contributed by atoms with Gasteiger partial charge in [0.15, 0.2) is 0 Å². The molecule has 4 heteroatoms. The first-order valence-corrected chi connectivity index (χ1v) is 5.42. The van der Waals surface area contributed by atoms with E-state index in [0.717, 1.165) is 6.54 Å². The number of anilines is 2. The molecule has 0 amide bonds. The van der Waals surface area contributed by atoms with E-state index >= 15 is 0 Å². The van der Waals surface area contributed by atoms with Gasteiger partial charge < -0.3 is 11.1 Å². The van der Waals surface area contributed by atoms with Crippen molar-refractivity contribution >= 4 is 11.5 Å². The van der Waals surface area contributed by atoms with E-state index in [1.807, 2.05) is 0 Å². The number of nitriles is 1. The molecule has 1 fully saturated rings. The Morgan fingerprint density at radius 2 is 2.38 bits per heavy atom. The molecule has 3 N–H and O–H groups in total. The van der Waals surface area contributed by atoms with Crippen molar-refractivity contribution in [2.45, 2.75) is 20.3 Å². The zero-order chi connectivity index (χ0) is 11.8. The number of rotatable bonds is 3. The van der Waals surface area contributed by atoms with Crippen LogP contribution in [0.4, 0.5) is 11.5 Å². The van der Waals surface area contributed by atoms with Crippen LogP contribution in [-0.2, 0) is 0 Å². The Balaban J connectivity index is 2.02. The highest BCUT2D eigenvalue weighted by Crippen LogP contribution is 2.51. The average Bonchev–Trinajstić information content (AvgIpc) is 2.84. The zero-order valence-corrected chi connectivity index (χ0v) is 9.62. The number of nitrogens with one attached hydrogen (secondary N) is 1. The van der Waals surface area contributed by atoms with Crippen LogP contribution < -0.4 is 11.1 Å². The van der Waals surface area contributed by atoms with Crippen LogP contribution in [-0.4, -0.2) is 11.5 Å². The smallest absolute Gasteiger partial charge is 0.144 e. The number of nitrogens with zero attached hydrogens (tertiary/aromatic N) is 2. The van der Waals surface area contributed by atoms with Gasteiger partial charge in [-0.25, -0.2) is 4.98 Å². The minimum Gasteiger partial charge on any atom is -0.397 e. The number of nitrogen functional groups attached to an aromatic ring is 1. The highest BCUT2D eigenvalue weighted by atomic mass is 15.0. The molecule has 0 saturated heterocycles. The maximum absolute atomic E-state index is 8.94. The third kappa shape index (κ3) is 2.08. The van der Waals surface area contributed by atoms with Crippen molar-refractivity contribution in [1.82, 2.24) is 4.98 Å². The van der Waals surface area contributed by atoms with Crippen LogP contribution in [0.3, 0.4) is 0 Å². The van der Waals surface area contributed by atoms with Crippen molar-refractivity contribution in [2.75, 3.05) is 17.6 Å². The van der Waals surface area contributed by atoms with Gasteiger partial charge in [0.1, 0.15) is 11.9 Å². The Morgan fingerprint density at radius 1 is 1.69 bits per heavy atom. The van der Waals surface area contributed by atoms with Gasteiger partial charge in [-0.15, -0.1) is 0 Å². The van der Waals surface area contributed by atoms with Crippen LogP contribution in [0.5, 0.6) is 0 Å². The number of nitrogens with two attached hydrogens (primary N) is 1. The Hall–Kier alpha value is -1.76. The summed E-state index contributed by atoms with van der Waals surface area (Å²) in [4.78, 5) is 4.14. The second-order valence-corrected chi connectivity index (χ2v) is 5.05. The fourth-order valence-corrected chi connectivity index (χ4v) is 1.85. The van der Waals surface area contributed by atoms with Crippen molar-refractivity contribution in [3.63, 3.8) is 0 Å². The quantitative estimate of drug-likeness (QED) is 0.810. The summed E-state index contributed by atoms with van der Waals surface area (Å²) in [5.41, 5.74) is 7.05. The molecule has 16 heavy (non-hydrogen) atoms. The normalized spacial score (nSPS) is 21.2. The van der Waals surface area contributed by atoms with Crippen LogP contribution in [0.2, 0.25) is 0 Å². The number of hydrogen-bond donors (Lipinski definition) is 2. The minimum atomic E-state index is 0.438. The molecule has 1 atom stereocenters. The SMILES string of the molecule is CC1(C)CC1CNc1ncc(N)cc1C#N. The van der Waals surface area contributed by atoms with Gasteiger partial charge >= 0.3 is 0 Å². The van der Waals surface area contributed by atoms with Crippen LogP contribution in [0.15, 0.2) is 12.3 Å². The molecule has 0 spiro atoms. The predicted octanol–water partition coefficient (Wildman–Crippen LogP) is 1.99. The summed E-state index contributed by atoms with van der Waals surface area (Å²) < 4.78 is 0. The van der Waals surface area contributed by atoms with Crippen molar-refractivity contribution in [1.29, 1.82) is 5.26 Å².